The summed E-state index contributed by atoms with van der Waals surface area (Å²) in [6.45, 7) is 3.62. The monoisotopic (exact) mass is 840 g/mol. The molecule has 288 valence electrons. The Balaban J connectivity index is 0.000000248. The van der Waals surface area contributed by atoms with Gasteiger partial charge in [-0.3, -0.25) is 38.2 Å². The molecule has 2 N–H and O–H groups in total. The van der Waals surface area contributed by atoms with Crippen LogP contribution in [0.25, 0.3) is 0 Å². The van der Waals surface area contributed by atoms with E-state index in [0.717, 1.165) is 0 Å². The fraction of sp³-hybridized carbons (Fsp3) is 0.111. The maximum Gasteiger partial charge on any atom is 2.00 e. The molecule has 0 heterocycles. The Bertz CT molecular complexity index is 2500. The molecule has 0 spiro atoms. The molecule has 0 aromatic heterocycles. The Kier molecular flexibility index (Phi) is 14.4. The van der Waals surface area contributed by atoms with Crippen LogP contribution in [0.5, 0.6) is 0 Å². The minimum atomic E-state index is -4.38. The second kappa shape index (κ2) is 18.4. The van der Waals surface area contributed by atoms with Gasteiger partial charge in [0.2, 0.25) is 11.6 Å². The number of carbonyl (C=O) groups is 2. The number of aryl methyl sites for hydroxylation is 2. The van der Waals surface area contributed by atoms with Crippen LogP contribution in [0.4, 0.5) is 22.7 Å². The van der Waals surface area contributed by atoms with Crippen molar-refractivity contribution in [3.8, 4) is 0 Å². The SMILES string of the molecule is CCc1cc([N+](=O)[O-])ccc1N=NC1=C2C=CC(=S(=O)([O-])O)C=C2C=CC1=O.CCc1cc([N+](=O)[O-])ccc1N=NC1=C2C=CC(=S(=O)([O-])O)C=C2C=CC1=O.[Ca+2]. The number of non-ortho nitro benzene ring substituents is 2. The molecule has 0 saturated carbocycles. The predicted molar refractivity (Wildman–Crippen MR) is 210 cm³/mol. The number of rotatable bonds is 8. The normalized spacial score (nSPS) is 18.0. The van der Waals surface area contributed by atoms with E-state index in [0.29, 0.717) is 57.6 Å². The van der Waals surface area contributed by atoms with Crippen LogP contribution in [0, 0.1) is 20.2 Å². The first-order chi connectivity index (χ1) is 26.4. The largest absolute Gasteiger partial charge is 2.00 e. The predicted octanol–water partition coefficient (Wildman–Crippen LogP) is 6.00. The minimum absolute atomic E-state index is 0. The zero-order chi connectivity index (χ0) is 40.9. The van der Waals surface area contributed by atoms with Crippen LogP contribution < -0.4 is 0 Å². The third-order valence-corrected chi connectivity index (χ3v) is 9.97. The van der Waals surface area contributed by atoms with Gasteiger partial charge in [-0.15, -0.1) is 10.2 Å². The number of fused-ring (bicyclic) bond motifs is 2. The zero-order valence-corrected chi connectivity index (χ0v) is 33.7. The minimum Gasteiger partial charge on any atom is -0.757 e. The molecule has 4 aliphatic carbocycles. The summed E-state index contributed by atoms with van der Waals surface area (Å²) in [7, 11) is -8.76. The molecule has 0 radical (unpaired) electrons. The van der Waals surface area contributed by atoms with Crippen molar-refractivity contribution in [2.45, 2.75) is 26.7 Å². The van der Waals surface area contributed by atoms with Crippen molar-refractivity contribution in [1.82, 2.24) is 0 Å². The number of nitro benzene ring substituents is 2. The van der Waals surface area contributed by atoms with E-state index in [1.807, 2.05) is 13.8 Å². The zero-order valence-electron chi connectivity index (χ0n) is 29.8. The Labute approximate surface area is 354 Å². The molecular formula is C36H28CaN6O12S2. The van der Waals surface area contributed by atoms with Gasteiger partial charge in [-0.1, -0.05) is 38.2 Å². The molecule has 2 aromatic rings. The van der Waals surface area contributed by atoms with Gasteiger partial charge in [0.25, 0.3) is 11.4 Å². The molecule has 0 aliphatic heterocycles. The van der Waals surface area contributed by atoms with E-state index >= 15 is 0 Å². The molecule has 18 nitrogen and oxygen atoms in total. The van der Waals surface area contributed by atoms with E-state index in [1.54, 1.807) is 0 Å². The second-order valence-corrected chi connectivity index (χ2v) is 14.6. The fourth-order valence-electron chi connectivity index (χ4n) is 5.41. The summed E-state index contributed by atoms with van der Waals surface area (Å²) in [5.74, 6) is -0.841. The van der Waals surface area contributed by atoms with E-state index in [1.165, 1.54) is 97.2 Å². The first-order valence-electron chi connectivity index (χ1n) is 16.2. The number of ketones is 2. The first kappa shape index (κ1) is 44.6. The van der Waals surface area contributed by atoms with Crippen molar-refractivity contribution in [2.24, 2.45) is 20.5 Å². The summed E-state index contributed by atoms with van der Waals surface area (Å²) in [5.41, 5.74) is 3.35. The van der Waals surface area contributed by atoms with Gasteiger partial charge in [-0.25, -0.2) is 0 Å². The Morgan fingerprint density at radius 2 is 0.965 bits per heavy atom. The number of nitro groups is 2. The summed E-state index contributed by atoms with van der Waals surface area (Å²) in [6.07, 6.45) is 13.8. The molecule has 21 heteroatoms. The van der Waals surface area contributed by atoms with Crippen molar-refractivity contribution in [3.05, 3.63) is 162 Å². The van der Waals surface area contributed by atoms with Gasteiger partial charge < -0.3 is 18.2 Å². The Morgan fingerprint density at radius 3 is 1.28 bits per heavy atom. The van der Waals surface area contributed by atoms with E-state index < -0.39 is 41.6 Å². The molecule has 0 saturated heterocycles. The van der Waals surface area contributed by atoms with Crippen molar-refractivity contribution in [1.29, 1.82) is 0 Å². The standard InChI is InChI=1S/2C18H15N3O6S.Ca/c2*1-2-11-9-13(21(23)24)4-7-16(11)19-20-18-15-6-5-14(28(25,26)27)10-12(15)3-8-17(18)22;/h2*3-10H,2H2,1H3,(H2,25,26,27);/q;;+2/p-2. The van der Waals surface area contributed by atoms with Crippen molar-refractivity contribution >= 4 is 102 Å². The fourth-order valence-corrected chi connectivity index (χ4v) is 6.44. The number of hydrogen-bond donors (Lipinski definition) is 2. The summed E-state index contributed by atoms with van der Waals surface area (Å²) >= 11 is 0. The summed E-state index contributed by atoms with van der Waals surface area (Å²) in [6, 6.07) is 8.29. The second-order valence-electron chi connectivity index (χ2n) is 11.8. The van der Waals surface area contributed by atoms with Crippen LogP contribution in [0.3, 0.4) is 0 Å². The molecule has 2 unspecified atom stereocenters. The molecule has 6 rings (SSSR count). The van der Waals surface area contributed by atoms with E-state index in [9.17, 15) is 47.3 Å². The van der Waals surface area contributed by atoms with Crippen molar-refractivity contribution < 1.29 is 46.1 Å². The van der Waals surface area contributed by atoms with Gasteiger partial charge in [-0.2, -0.15) is 10.2 Å². The van der Waals surface area contributed by atoms with Crippen molar-refractivity contribution in [3.63, 3.8) is 0 Å². The van der Waals surface area contributed by atoms with E-state index in [-0.39, 0.29) is 70.2 Å². The number of benzene rings is 2. The van der Waals surface area contributed by atoms with Crippen LogP contribution in [0.15, 0.2) is 151 Å². The van der Waals surface area contributed by atoms with Crippen LogP contribution in [0.1, 0.15) is 25.0 Å². The summed E-state index contributed by atoms with van der Waals surface area (Å²) in [4.78, 5) is 44.6. The van der Waals surface area contributed by atoms with Gasteiger partial charge in [0.05, 0.1) is 21.2 Å². The smallest absolute Gasteiger partial charge is 0.757 e. The van der Waals surface area contributed by atoms with Gasteiger partial charge in [0.1, 0.15) is 11.4 Å². The summed E-state index contributed by atoms with van der Waals surface area (Å²) in [5, 5.41) is 37.9. The summed E-state index contributed by atoms with van der Waals surface area (Å²) < 4.78 is 63.5. The van der Waals surface area contributed by atoms with Gasteiger partial charge in [0, 0.05) is 65.3 Å². The van der Waals surface area contributed by atoms with E-state index in [4.69, 9.17) is 9.11 Å². The number of allylic oxidation sites excluding steroid dienone is 14. The van der Waals surface area contributed by atoms with Crippen LogP contribution in [0.2, 0.25) is 0 Å². The number of hydrogen-bond acceptors (Lipinski definition) is 14. The van der Waals surface area contributed by atoms with Gasteiger partial charge in [-0.05, 0) is 83.7 Å². The number of nitrogens with zero attached hydrogens (tertiary/aromatic N) is 6. The van der Waals surface area contributed by atoms with Gasteiger partial charge in [0.15, 0.2) is 0 Å². The van der Waals surface area contributed by atoms with Crippen LogP contribution >= 0.6 is 0 Å². The average molecular weight is 841 g/mol. The first-order valence-corrected chi connectivity index (χ1v) is 19.1. The molecule has 0 fully saturated rings. The molecule has 0 bridgehead atoms. The van der Waals surface area contributed by atoms with Crippen LogP contribution in [-0.4, -0.2) is 95.5 Å². The van der Waals surface area contributed by atoms with Crippen LogP contribution in [-0.2, 0) is 42.6 Å². The Morgan fingerprint density at radius 1 is 0.596 bits per heavy atom. The maximum absolute atomic E-state index is 12.2. The third kappa shape index (κ3) is 10.6. The topological polar surface area (TPSA) is 291 Å². The van der Waals surface area contributed by atoms with Gasteiger partial charge >= 0.3 is 37.7 Å². The number of azo groups is 2. The number of carbonyl (C=O) groups excluding carboxylic acids is 2. The molecule has 57 heavy (non-hydrogen) atoms. The van der Waals surface area contributed by atoms with Crippen molar-refractivity contribution in [2.75, 3.05) is 0 Å². The molecule has 0 amide bonds. The molecule has 2 aromatic carbocycles. The average Bonchev–Trinajstić information content (AvgIpc) is 3.16. The Hall–Kier alpha value is -5.16. The maximum atomic E-state index is 12.2. The molecule has 4 aliphatic rings. The van der Waals surface area contributed by atoms with E-state index in [2.05, 4.69) is 20.5 Å². The third-order valence-electron chi connectivity index (χ3n) is 8.27. The molecule has 2 atom stereocenters. The molecular weight excluding hydrogens is 813 g/mol. The quantitative estimate of drug-likeness (QED) is 0.102.